The molecule has 0 saturated carbocycles. The molecule has 4 rings (SSSR count). The molecule has 148 valence electrons. The quantitative estimate of drug-likeness (QED) is 0.305. The number of hydrogen-bond acceptors (Lipinski definition) is 9. The van der Waals surface area contributed by atoms with Gasteiger partial charge in [-0.25, -0.2) is 4.79 Å². The molecule has 1 unspecified atom stereocenters. The first kappa shape index (κ1) is 18.8. The van der Waals surface area contributed by atoms with Gasteiger partial charge in [-0.3, -0.25) is 9.59 Å². The Morgan fingerprint density at radius 3 is 2.52 bits per heavy atom. The zero-order valence-electron chi connectivity index (χ0n) is 15.0. The number of fused-ring (bicyclic) bond motifs is 4. The molecule has 0 aromatic heterocycles. The van der Waals surface area contributed by atoms with Crippen molar-refractivity contribution in [2.24, 2.45) is 11.7 Å². The highest BCUT2D eigenvalue weighted by atomic mass is 79.9. The lowest BCUT2D eigenvalue weighted by atomic mass is 9.80. The lowest BCUT2D eigenvalue weighted by molar-refractivity contribution is -0.204. The standard InChI is InChI=1S/C16H20BrN3O7/c1-24-15-6(5-27-14(18)23)8-9(20(15)4-7-12(15)19-7)10(21)11(17)16(25-2,26-3)13(8)22/h6-7,11-12,19H,4-5H2,1-3H3,(H2,18,23)/t6-,7+,11?,12+,15-/m1/s1. The van der Waals surface area contributed by atoms with Crippen molar-refractivity contribution in [3.63, 3.8) is 0 Å². The summed E-state index contributed by atoms with van der Waals surface area (Å²) in [5, 5.41) is 3.29. The minimum absolute atomic E-state index is 0.108. The van der Waals surface area contributed by atoms with Crippen molar-refractivity contribution in [3.05, 3.63) is 11.3 Å². The fourth-order valence-corrected chi connectivity index (χ4v) is 5.59. The topological polar surface area (TPSA) is 139 Å². The predicted molar refractivity (Wildman–Crippen MR) is 92.7 cm³/mol. The number of rotatable bonds is 5. The van der Waals surface area contributed by atoms with Gasteiger partial charge in [-0.05, 0) is 0 Å². The first-order chi connectivity index (χ1) is 12.8. The van der Waals surface area contributed by atoms with Gasteiger partial charge in [0.25, 0.3) is 5.79 Å². The summed E-state index contributed by atoms with van der Waals surface area (Å²) in [4.78, 5) is 38.7. The molecule has 10 nitrogen and oxygen atoms in total. The van der Waals surface area contributed by atoms with Crippen LogP contribution in [0.15, 0.2) is 11.3 Å². The van der Waals surface area contributed by atoms with Crippen LogP contribution >= 0.6 is 15.9 Å². The average molecular weight is 446 g/mol. The van der Waals surface area contributed by atoms with Crippen molar-refractivity contribution in [3.8, 4) is 0 Å². The summed E-state index contributed by atoms with van der Waals surface area (Å²) < 4.78 is 21.6. The first-order valence-corrected chi connectivity index (χ1v) is 9.30. The van der Waals surface area contributed by atoms with E-state index in [1.54, 1.807) is 4.90 Å². The van der Waals surface area contributed by atoms with Crippen molar-refractivity contribution in [1.29, 1.82) is 0 Å². The number of nitrogens with one attached hydrogen (secondary N) is 1. The Bertz CT molecular complexity index is 767. The zero-order valence-corrected chi connectivity index (χ0v) is 16.6. The van der Waals surface area contributed by atoms with E-state index in [-0.39, 0.29) is 35.7 Å². The molecule has 0 spiro atoms. The number of ether oxygens (including phenoxy) is 4. The smallest absolute Gasteiger partial charge is 0.404 e. The van der Waals surface area contributed by atoms with Crippen molar-refractivity contribution < 1.29 is 33.3 Å². The van der Waals surface area contributed by atoms with E-state index in [1.165, 1.54) is 21.3 Å². The van der Waals surface area contributed by atoms with Gasteiger partial charge in [0.05, 0.1) is 17.7 Å². The third-order valence-electron chi connectivity index (χ3n) is 5.99. The van der Waals surface area contributed by atoms with Crippen LogP contribution in [-0.2, 0) is 28.5 Å². The van der Waals surface area contributed by atoms with Gasteiger partial charge in [0, 0.05) is 39.5 Å². The summed E-state index contributed by atoms with van der Waals surface area (Å²) in [6.07, 6.45) is -0.974. The summed E-state index contributed by atoms with van der Waals surface area (Å²) in [5.74, 6) is -3.40. The van der Waals surface area contributed by atoms with E-state index in [0.717, 1.165) is 0 Å². The monoisotopic (exact) mass is 445 g/mol. The molecule has 0 bridgehead atoms. The van der Waals surface area contributed by atoms with Crippen LogP contribution in [0.3, 0.4) is 0 Å². The van der Waals surface area contributed by atoms with E-state index in [4.69, 9.17) is 24.7 Å². The highest BCUT2D eigenvalue weighted by Crippen LogP contribution is 2.57. The van der Waals surface area contributed by atoms with E-state index in [9.17, 15) is 14.4 Å². The number of alkyl halides is 1. The maximum Gasteiger partial charge on any atom is 0.404 e. The van der Waals surface area contributed by atoms with E-state index in [1.807, 2.05) is 0 Å². The third-order valence-corrected chi connectivity index (χ3v) is 7.01. The van der Waals surface area contributed by atoms with Gasteiger partial charge in [-0.15, -0.1) is 0 Å². The lowest BCUT2D eigenvalue weighted by Gasteiger charge is -2.39. The Labute approximate surface area is 163 Å². The molecule has 27 heavy (non-hydrogen) atoms. The van der Waals surface area contributed by atoms with Gasteiger partial charge >= 0.3 is 6.09 Å². The number of Topliss-reactive ketones (excluding diaryl/α,β-unsaturated/α-hetero) is 2. The number of allylic oxidation sites excluding steroid dienone is 1. The molecule has 11 heteroatoms. The third kappa shape index (κ3) is 2.11. The number of amides is 1. The molecular formula is C16H20BrN3O7. The molecule has 3 N–H and O–H groups in total. The number of carbonyl (C=O) groups excluding carboxylic acids is 3. The molecule has 1 aliphatic carbocycles. The Kier molecular flexibility index (Phi) is 4.17. The second-order valence-electron chi connectivity index (χ2n) is 6.89. The van der Waals surface area contributed by atoms with Gasteiger partial charge in [0.2, 0.25) is 5.78 Å². The van der Waals surface area contributed by atoms with Crippen molar-refractivity contribution >= 4 is 33.6 Å². The van der Waals surface area contributed by atoms with Crippen molar-refractivity contribution in [1.82, 2.24) is 10.2 Å². The number of hydrogen-bond donors (Lipinski definition) is 2. The maximum atomic E-state index is 13.4. The second kappa shape index (κ2) is 5.98. The summed E-state index contributed by atoms with van der Waals surface area (Å²) >= 11 is 3.28. The number of methoxy groups -OCH3 is 3. The number of nitrogens with zero attached hydrogens (tertiary/aromatic N) is 1. The Balaban J connectivity index is 1.87. The van der Waals surface area contributed by atoms with Crippen LogP contribution in [0.2, 0.25) is 0 Å². The average Bonchev–Trinajstić information content (AvgIpc) is 3.26. The number of ketones is 2. The summed E-state index contributed by atoms with van der Waals surface area (Å²) in [7, 11) is 4.10. The Morgan fingerprint density at radius 2 is 1.96 bits per heavy atom. The van der Waals surface area contributed by atoms with Crippen molar-refractivity contribution in [2.75, 3.05) is 34.5 Å². The summed E-state index contributed by atoms with van der Waals surface area (Å²) in [5.41, 5.74) is 4.54. The second-order valence-corrected chi connectivity index (χ2v) is 7.81. The molecule has 0 aromatic carbocycles. The van der Waals surface area contributed by atoms with E-state index >= 15 is 0 Å². The van der Waals surface area contributed by atoms with Gasteiger partial charge < -0.3 is 34.9 Å². The number of piperazine rings is 1. The van der Waals surface area contributed by atoms with E-state index in [0.29, 0.717) is 6.54 Å². The maximum absolute atomic E-state index is 13.4. The fourth-order valence-electron chi connectivity index (χ4n) is 4.79. The van der Waals surface area contributed by atoms with Crippen LogP contribution in [0.5, 0.6) is 0 Å². The van der Waals surface area contributed by atoms with Gasteiger partial charge in [-0.1, -0.05) is 15.9 Å². The molecule has 3 heterocycles. The van der Waals surface area contributed by atoms with Gasteiger partial charge in [0.1, 0.15) is 11.4 Å². The van der Waals surface area contributed by atoms with Gasteiger partial charge in [-0.2, -0.15) is 0 Å². The molecule has 0 aromatic rings. The lowest BCUT2D eigenvalue weighted by Crippen LogP contribution is -2.58. The molecule has 5 atom stereocenters. The molecule has 0 radical (unpaired) electrons. The molecule has 2 fully saturated rings. The van der Waals surface area contributed by atoms with Crippen LogP contribution in [0, 0.1) is 5.92 Å². The SMILES string of the molecule is COC1(OC)C(=O)C2=C(C(=O)C1Br)N1C[C@@H]3N[C@@H]3[C@]1(OC)[C@@H]2COC(N)=O. The summed E-state index contributed by atoms with van der Waals surface area (Å²) in [6, 6.07) is 0.0201. The molecule has 4 aliphatic rings. The molecule has 2 saturated heterocycles. The largest absolute Gasteiger partial charge is 0.449 e. The first-order valence-electron chi connectivity index (χ1n) is 8.38. The Hall–Kier alpha value is -1.53. The number of halogens is 1. The van der Waals surface area contributed by atoms with Crippen LogP contribution in [0.1, 0.15) is 0 Å². The zero-order chi connectivity index (χ0) is 19.7. The van der Waals surface area contributed by atoms with Crippen LogP contribution in [-0.4, -0.2) is 85.5 Å². The minimum Gasteiger partial charge on any atom is -0.449 e. The summed E-state index contributed by atoms with van der Waals surface area (Å²) in [6.45, 7) is 0.287. The van der Waals surface area contributed by atoms with Crippen LogP contribution < -0.4 is 11.1 Å². The Morgan fingerprint density at radius 1 is 1.30 bits per heavy atom. The number of carbonyl (C=O) groups is 3. The predicted octanol–water partition coefficient (Wildman–Crippen LogP) is -1.13. The fraction of sp³-hybridized carbons (Fsp3) is 0.688. The minimum atomic E-state index is -1.81. The number of nitrogens with two attached hydrogens (primary N) is 1. The van der Waals surface area contributed by atoms with Crippen molar-refractivity contribution in [2.45, 2.75) is 28.4 Å². The van der Waals surface area contributed by atoms with E-state index in [2.05, 4.69) is 21.2 Å². The highest BCUT2D eigenvalue weighted by Gasteiger charge is 2.75. The molecule has 3 aliphatic heterocycles. The van der Waals surface area contributed by atoms with Crippen LogP contribution in [0.25, 0.3) is 0 Å². The normalized spacial score (nSPS) is 38.6. The molecule has 1 amide bonds. The van der Waals surface area contributed by atoms with Gasteiger partial charge in [0.15, 0.2) is 11.5 Å². The molecular weight excluding hydrogens is 426 g/mol. The van der Waals surface area contributed by atoms with E-state index < -0.39 is 34.1 Å². The highest BCUT2D eigenvalue weighted by molar-refractivity contribution is 9.10. The number of primary amides is 1. The van der Waals surface area contributed by atoms with Crippen LogP contribution in [0.4, 0.5) is 4.79 Å².